The van der Waals surface area contributed by atoms with Crippen molar-refractivity contribution < 1.29 is 4.74 Å². The van der Waals surface area contributed by atoms with Crippen LogP contribution in [-0.4, -0.2) is 0 Å². The summed E-state index contributed by atoms with van der Waals surface area (Å²) in [6.45, 7) is 6.50. The number of nitrogens with one attached hydrogen (secondary N) is 1. The van der Waals surface area contributed by atoms with Crippen molar-refractivity contribution in [3.05, 3.63) is 101 Å². The summed E-state index contributed by atoms with van der Waals surface area (Å²) in [5.74, 6) is 0.912. The predicted octanol–water partition coefficient (Wildman–Crippen LogP) is 5.59. The Kier molecular flexibility index (Phi) is 7.71. The van der Waals surface area contributed by atoms with E-state index in [9.17, 15) is 0 Å². The van der Waals surface area contributed by atoms with Gasteiger partial charge in [-0.1, -0.05) is 71.8 Å². The maximum atomic E-state index is 5.92. The van der Waals surface area contributed by atoms with Gasteiger partial charge in [0.1, 0.15) is 12.4 Å². The number of hydrogen-bond acceptors (Lipinski definition) is 2. The molecule has 0 radical (unpaired) electrons. The summed E-state index contributed by atoms with van der Waals surface area (Å²) in [6.07, 6.45) is 0. The zero-order valence-electron chi connectivity index (χ0n) is 15.4. The molecule has 2 nitrogen and oxygen atoms in total. The van der Waals surface area contributed by atoms with E-state index in [-0.39, 0.29) is 12.4 Å². The van der Waals surface area contributed by atoms with E-state index >= 15 is 0 Å². The third kappa shape index (κ3) is 6.21. The van der Waals surface area contributed by atoms with Gasteiger partial charge in [-0.25, -0.2) is 0 Å². The highest BCUT2D eigenvalue weighted by Gasteiger charge is 1.99. The van der Waals surface area contributed by atoms with E-state index in [1.54, 1.807) is 0 Å². The van der Waals surface area contributed by atoms with Gasteiger partial charge in [0, 0.05) is 13.1 Å². The zero-order valence-corrected chi connectivity index (χ0v) is 16.2. The molecule has 3 heteroatoms. The van der Waals surface area contributed by atoms with Crippen LogP contribution < -0.4 is 10.1 Å². The van der Waals surface area contributed by atoms with E-state index in [0.29, 0.717) is 6.61 Å². The second kappa shape index (κ2) is 10.0. The van der Waals surface area contributed by atoms with Crippen LogP contribution in [0.15, 0.2) is 72.8 Å². The maximum Gasteiger partial charge on any atom is 0.120 e. The molecule has 3 rings (SSSR count). The first-order chi connectivity index (χ1) is 12.2. The molecule has 0 amide bonds. The van der Waals surface area contributed by atoms with Crippen LogP contribution in [0.25, 0.3) is 0 Å². The van der Waals surface area contributed by atoms with Gasteiger partial charge in [-0.3, -0.25) is 0 Å². The number of hydrogen-bond donors (Lipinski definition) is 1. The van der Waals surface area contributed by atoms with E-state index < -0.39 is 0 Å². The topological polar surface area (TPSA) is 21.3 Å². The molecule has 0 saturated heterocycles. The molecule has 0 fully saturated rings. The number of ether oxygens (including phenoxy) is 1. The molecule has 3 aromatic carbocycles. The molecule has 0 unspecified atom stereocenters. The first kappa shape index (κ1) is 20.0. The van der Waals surface area contributed by atoms with Crippen molar-refractivity contribution in [2.24, 2.45) is 0 Å². The van der Waals surface area contributed by atoms with E-state index in [1.165, 1.54) is 27.8 Å². The largest absolute Gasteiger partial charge is 0.489 e. The van der Waals surface area contributed by atoms with Crippen molar-refractivity contribution in [2.75, 3.05) is 0 Å². The highest BCUT2D eigenvalue weighted by atomic mass is 35.5. The van der Waals surface area contributed by atoms with Crippen LogP contribution in [-0.2, 0) is 19.7 Å². The van der Waals surface area contributed by atoms with Crippen molar-refractivity contribution in [3.8, 4) is 5.75 Å². The Hall–Kier alpha value is -2.29. The van der Waals surface area contributed by atoms with E-state index in [4.69, 9.17) is 4.74 Å². The summed E-state index contributed by atoms with van der Waals surface area (Å²) >= 11 is 0. The fourth-order valence-electron chi connectivity index (χ4n) is 2.65. The minimum absolute atomic E-state index is 0. The fraction of sp³-hybridized carbons (Fsp3) is 0.217. The Bertz CT molecular complexity index is 797. The molecular formula is C23H26ClNO. The molecule has 0 spiro atoms. The van der Waals surface area contributed by atoms with E-state index in [1.807, 2.05) is 12.1 Å². The van der Waals surface area contributed by atoms with Crippen molar-refractivity contribution in [2.45, 2.75) is 33.5 Å². The van der Waals surface area contributed by atoms with Gasteiger partial charge in [-0.15, -0.1) is 12.4 Å². The van der Waals surface area contributed by atoms with Crippen LogP contribution in [0.2, 0.25) is 0 Å². The number of rotatable bonds is 7. The Balaban J connectivity index is 0.00000243. The Morgan fingerprint density at radius 1 is 0.692 bits per heavy atom. The van der Waals surface area contributed by atoms with Gasteiger partial charge in [0.15, 0.2) is 0 Å². The molecule has 1 N–H and O–H groups in total. The maximum absolute atomic E-state index is 5.92. The smallest absolute Gasteiger partial charge is 0.120 e. The van der Waals surface area contributed by atoms with Crippen LogP contribution in [0, 0.1) is 13.8 Å². The molecule has 0 aliphatic carbocycles. The average molecular weight is 368 g/mol. The van der Waals surface area contributed by atoms with Crippen LogP contribution >= 0.6 is 12.4 Å². The molecule has 0 aliphatic heterocycles. The van der Waals surface area contributed by atoms with Gasteiger partial charge in [0.05, 0.1) is 0 Å². The molecule has 3 aromatic rings. The number of benzene rings is 3. The lowest BCUT2D eigenvalue weighted by Gasteiger charge is -2.10. The normalized spacial score (nSPS) is 10.2. The summed E-state index contributed by atoms with van der Waals surface area (Å²) in [4.78, 5) is 0. The number of halogens is 1. The molecule has 0 atom stereocenters. The average Bonchev–Trinajstić information content (AvgIpc) is 2.63. The van der Waals surface area contributed by atoms with Gasteiger partial charge >= 0.3 is 0 Å². The SMILES string of the molecule is Cc1ccc(CNCc2cccc(OCc3ccc(C)cc3)c2)cc1.Cl. The quantitative estimate of drug-likeness (QED) is 0.587. The van der Waals surface area contributed by atoms with Crippen molar-refractivity contribution in [1.82, 2.24) is 5.32 Å². The monoisotopic (exact) mass is 367 g/mol. The highest BCUT2D eigenvalue weighted by molar-refractivity contribution is 5.85. The minimum Gasteiger partial charge on any atom is -0.489 e. The molecule has 0 bridgehead atoms. The lowest BCUT2D eigenvalue weighted by atomic mass is 10.1. The van der Waals surface area contributed by atoms with Crippen LogP contribution in [0.4, 0.5) is 0 Å². The summed E-state index contributed by atoms with van der Waals surface area (Å²) < 4.78 is 5.92. The Morgan fingerprint density at radius 3 is 1.92 bits per heavy atom. The molecule has 0 aromatic heterocycles. The first-order valence-electron chi connectivity index (χ1n) is 8.72. The van der Waals surface area contributed by atoms with Gasteiger partial charge < -0.3 is 10.1 Å². The van der Waals surface area contributed by atoms with Crippen molar-refractivity contribution in [3.63, 3.8) is 0 Å². The highest BCUT2D eigenvalue weighted by Crippen LogP contribution is 2.16. The summed E-state index contributed by atoms with van der Waals surface area (Å²) in [7, 11) is 0. The molecule has 0 aliphatic rings. The second-order valence-electron chi connectivity index (χ2n) is 6.51. The lowest BCUT2D eigenvalue weighted by molar-refractivity contribution is 0.306. The zero-order chi connectivity index (χ0) is 17.5. The third-order valence-corrected chi connectivity index (χ3v) is 4.20. The third-order valence-electron chi connectivity index (χ3n) is 4.20. The van der Waals surface area contributed by atoms with Crippen molar-refractivity contribution in [1.29, 1.82) is 0 Å². The summed E-state index contributed by atoms with van der Waals surface area (Å²) in [6, 6.07) is 25.4. The summed E-state index contributed by atoms with van der Waals surface area (Å²) in [5, 5.41) is 3.49. The van der Waals surface area contributed by atoms with Crippen LogP contribution in [0.1, 0.15) is 27.8 Å². The summed E-state index contributed by atoms with van der Waals surface area (Å²) in [5.41, 5.74) is 6.28. The van der Waals surface area contributed by atoms with Gasteiger partial charge in [-0.2, -0.15) is 0 Å². The van der Waals surface area contributed by atoms with Gasteiger partial charge in [0.2, 0.25) is 0 Å². The predicted molar refractivity (Wildman–Crippen MR) is 111 cm³/mol. The molecule has 0 heterocycles. The molecule has 136 valence electrons. The van der Waals surface area contributed by atoms with Gasteiger partial charge in [-0.05, 0) is 42.7 Å². The molecular weight excluding hydrogens is 342 g/mol. The van der Waals surface area contributed by atoms with E-state index in [0.717, 1.165) is 18.8 Å². The lowest BCUT2D eigenvalue weighted by Crippen LogP contribution is -2.12. The van der Waals surface area contributed by atoms with Crippen LogP contribution in [0.3, 0.4) is 0 Å². The molecule has 0 saturated carbocycles. The molecule has 26 heavy (non-hydrogen) atoms. The fourth-order valence-corrected chi connectivity index (χ4v) is 2.65. The van der Waals surface area contributed by atoms with Gasteiger partial charge in [0.25, 0.3) is 0 Å². The minimum atomic E-state index is 0. The van der Waals surface area contributed by atoms with Crippen LogP contribution in [0.5, 0.6) is 5.75 Å². The van der Waals surface area contributed by atoms with E-state index in [2.05, 4.69) is 79.8 Å². The van der Waals surface area contributed by atoms with Crippen molar-refractivity contribution >= 4 is 12.4 Å². The Labute approximate surface area is 162 Å². The standard InChI is InChI=1S/C23H25NO.ClH/c1-18-6-10-20(11-7-18)15-24-16-22-4-3-5-23(14-22)25-17-21-12-8-19(2)9-13-21;/h3-14,24H,15-17H2,1-2H3;1H. The Morgan fingerprint density at radius 2 is 1.27 bits per heavy atom. The second-order valence-corrected chi connectivity index (χ2v) is 6.51. The first-order valence-corrected chi connectivity index (χ1v) is 8.72. The number of aryl methyl sites for hydroxylation is 2.